The molecule has 15 heavy (non-hydrogen) atoms. The summed E-state index contributed by atoms with van der Waals surface area (Å²) >= 11 is 0. The van der Waals surface area contributed by atoms with Crippen LogP contribution in [-0.2, 0) is 16.0 Å². The van der Waals surface area contributed by atoms with Crippen LogP contribution in [0.5, 0.6) is 0 Å². The number of aromatic nitrogens is 2. The molecule has 0 aliphatic carbocycles. The zero-order valence-electron chi connectivity index (χ0n) is 8.39. The number of esters is 2. The Morgan fingerprint density at radius 2 is 2.47 bits per heavy atom. The van der Waals surface area contributed by atoms with Gasteiger partial charge in [-0.15, -0.1) is 0 Å². The highest BCUT2D eigenvalue weighted by atomic mass is 16.5. The lowest BCUT2D eigenvalue weighted by atomic mass is 10.3. The van der Waals surface area contributed by atoms with Crippen molar-refractivity contribution in [2.75, 3.05) is 7.11 Å². The van der Waals surface area contributed by atoms with Crippen LogP contribution in [-0.4, -0.2) is 34.9 Å². The topological polar surface area (TPSA) is 70.4 Å². The van der Waals surface area contributed by atoms with Gasteiger partial charge in [0.15, 0.2) is 5.69 Å². The van der Waals surface area contributed by atoms with Crippen molar-refractivity contribution in [1.29, 1.82) is 0 Å². The molecule has 0 unspecified atom stereocenters. The van der Waals surface area contributed by atoms with E-state index in [4.69, 9.17) is 4.74 Å². The highest BCUT2D eigenvalue weighted by molar-refractivity contribution is 5.93. The van der Waals surface area contributed by atoms with Crippen molar-refractivity contribution in [1.82, 2.24) is 9.78 Å². The van der Waals surface area contributed by atoms with Crippen molar-refractivity contribution in [2.45, 2.75) is 19.6 Å². The van der Waals surface area contributed by atoms with Crippen molar-refractivity contribution in [2.24, 2.45) is 0 Å². The second kappa shape index (κ2) is 3.38. The minimum absolute atomic E-state index is 0.124. The molecule has 6 nitrogen and oxygen atoms in total. The number of ether oxygens (including phenoxy) is 2. The third-order valence-corrected chi connectivity index (χ3v) is 2.12. The smallest absolute Gasteiger partial charge is 0.358 e. The fourth-order valence-electron chi connectivity index (χ4n) is 1.45. The summed E-state index contributed by atoms with van der Waals surface area (Å²) in [4.78, 5) is 22.6. The van der Waals surface area contributed by atoms with Crippen molar-refractivity contribution in [3.63, 3.8) is 0 Å². The molecule has 1 aliphatic heterocycles. The van der Waals surface area contributed by atoms with Gasteiger partial charge in [0.2, 0.25) is 0 Å². The summed E-state index contributed by atoms with van der Waals surface area (Å²) in [5, 5.41) is 3.96. The number of hydrogen-bond acceptors (Lipinski definition) is 5. The number of cyclic esters (lactones) is 1. The lowest BCUT2D eigenvalue weighted by Gasteiger charge is -2.19. The van der Waals surface area contributed by atoms with Gasteiger partial charge in [-0.1, -0.05) is 0 Å². The summed E-state index contributed by atoms with van der Waals surface area (Å²) in [6, 6.07) is 1.38. The van der Waals surface area contributed by atoms with E-state index < -0.39 is 11.9 Å². The van der Waals surface area contributed by atoms with E-state index in [0.717, 1.165) is 0 Å². The number of nitrogens with zero attached hydrogens (tertiary/aromatic N) is 2. The quantitative estimate of drug-likeness (QED) is 0.620. The van der Waals surface area contributed by atoms with Gasteiger partial charge < -0.3 is 9.47 Å². The van der Waals surface area contributed by atoms with E-state index in [2.05, 4.69) is 9.84 Å². The van der Waals surface area contributed by atoms with Gasteiger partial charge in [-0.05, 0) is 6.92 Å². The van der Waals surface area contributed by atoms with Gasteiger partial charge in [0.25, 0.3) is 0 Å². The van der Waals surface area contributed by atoms with Gasteiger partial charge in [-0.3, -0.25) is 4.68 Å². The Hall–Kier alpha value is -1.85. The molecule has 0 bridgehead atoms. The van der Waals surface area contributed by atoms with Crippen LogP contribution in [0.2, 0.25) is 0 Å². The molecular formula is C9H10N2O4. The molecule has 0 fully saturated rings. The monoisotopic (exact) mass is 210 g/mol. The molecule has 2 heterocycles. The average Bonchev–Trinajstić information content (AvgIpc) is 2.60. The summed E-state index contributed by atoms with van der Waals surface area (Å²) in [7, 11) is 1.27. The molecule has 1 aromatic heterocycles. The maximum Gasteiger partial charge on any atom is 0.358 e. The molecule has 0 aromatic carbocycles. The second-order valence-corrected chi connectivity index (χ2v) is 3.30. The zero-order chi connectivity index (χ0) is 11.0. The van der Waals surface area contributed by atoms with Crippen molar-refractivity contribution in [3.8, 4) is 0 Å². The minimum atomic E-state index is -0.558. The molecule has 1 atom stereocenters. The molecule has 0 saturated carbocycles. The van der Waals surface area contributed by atoms with E-state index in [1.54, 1.807) is 6.92 Å². The van der Waals surface area contributed by atoms with Crippen LogP contribution >= 0.6 is 0 Å². The molecule has 0 amide bonds. The van der Waals surface area contributed by atoms with E-state index >= 15 is 0 Å². The predicted octanol–water partition coefficient (Wildman–Crippen LogP) is 0.229. The van der Waals surface area contributed by atoms with Crippen LogP contribution in [0.1, 0.15) is 27.9 Å². The number of hydrogen-bond donors (Lipinski definition) is 0. The van der Waals surface area contributed by atoms with E-state index in [9.17, 15) is 9.59 Å². The van der Waals surface area contributed by atoms with E-state index in [-0.39, 0.29) is 17.5 Å². The van der Waals surface area contributed by atoms with Crippen LogP contribution < -0.4 is 0 Å². The van der Waals surface area contributed by atoms with Crippen molar-refractivity contribution < 1.29 is 19.1 Å². The SMILES string of the molecule is COC(=O)c1cc2n(n1)C[C@H](C)OC2=O. The molecule has 1 aliphatic rings. The highest BCUT2D eigenvalue weighted by Gasteiger charge is 2.27. The normalized spacial score (nSPS) is 19.3. The first-order valence-electron chi connectivity index (χ1n) is 4.49. The number of fused-ring (bicyclic) bond motifs is 1. The van der Waals surface area contributed by atoms with Crippen LogP contribution in [0, 0.1) is 0 Å². The van der Waals surface area contributed by atoms with Crippen LogP contribution in [0.25, 0.3) is 0 Å². The molecule has 80 valence electrons. The van der Waals surface area contributed by atoms with Crippen LogP contribution in [0.15, 0.2) is 6.07 Å². The number of rotatable bonds is 1. The number of carbonyl (C=O) groups is 2. The maximum absolute atomic E-state index is 11.4. The summed E-state index contributed by atoms with van der Waals surface area (Å²) in [5.74, 6) is -1.02. The Bertz CT molecular complexity index is 424. The summed E-state index contributed by atoms with van der Waals surface area (Å²) in [5.41, 5.74) is 0.409. The average molecular weight is 210 g/mol. The first-order chi connectivity index (χ1) is 7.11. The van der Waals surface area contributed by atoms with Gasteiger partial charge in [-0.2, -0.15) is 5.10 Å². The lowest BCUT2D eigenvalue weighted by molar-refractivity contribution is 0.0194. The van der Waals surface area contributed by atoms with Crippen molar-refractivity contribution in [3.05, 3.63) is 17.5 Å². The van der Waals surface area contributed by atoms with Crippen molar-refractivity contribution >= 4 is 11.9 Å². The molecule has 0 saturated heterocycles. The van der Waals surface area contributed by atoms with Gasteiger partial charge in [0.05, 0.1) is 13.7 Å². The molecule has 0 spiro atoms. The second-order valence-electron chi connectivity index (χ2n) is 3.30. The fourth-order valence-corrected chi connectivity index (χ4v) is 1.45. The Morgan fingerprint density at radius 1 is 1.73 bits per heavy atom. The van der Waals surface area contributed by atoms with E-state index in [0.29, 0.717) is 6.54 Å². The summed E-state index contributed by atoms with van der Waals surface area (Å²) in [6.07, 6.45) is -0.226. The van der Waals surface area contributed by atoms with Crippen LogP contribution in [0.3, 0.4) is 0 Å². The molecule has 1 aromatic rings. The Morgan fingerprint density at radius 3 is 3.13 bits per heavy atom. The maximum atomic E-state index is 11.4. The fraction of sp³-hybridized carbons (Fsp3) is 0.444. The molecule has 2 rings (SSSR count). The third-order valence-electron chi connectivity index (χ3n) is 2.12. The predicted molar refractivity (Wildman–Crippen MR) is 48.4 cm³/mol. The van der Waals surface area contributed by atoms with Gasteiger partial charge in [0.1, 0.15) is 11.8 Å². The van der Waals surface area contributed by atoms with Crippen LogP contribution in [0.4, 0.5) is 0 Å². The zero-order valence-corrected chi connectivity index (χ0v) is 8.39. The van der Waals surface area contributed by atoms with Gasteiger partial charge >= 0.3 is 11.9 Å². The molecule has 0 N–H and O–H groups in total. The Labute approximate surface area is 85.8 Å². The summed E-state index contributed by atoms with van der Waals surface area (Å²) < 4.78 is 11.0. The number of carbonyl (C=O) groups excluding carboxylic acids is 2. The Balaban J connectivity index is 2.39. The van der Waals surface area contributed by atoms with E-state index in [1.807, 2.05) is 0 Å². The molecule has 6 heteroatoms. The highest BCUT2D eigenvalue weighted by Crippen LogP contribution is 2.15. The number of methoxy groups -OCH3 is 1. The minimum Gasteiger partial charge on any atom is -0.464 e. The molecular weight excluding hydrogens is 200 g/mol. The first-order valence-corrected chi connectivity index (χ1v) is 4.49. The third kappa shape index (κ3) is 1.58. The summed E-state index contributed by atoms with van der Waals surface area (Å²) in [6.45, 7) is 2.22. The molecule has 0 radical (unpaired) electrons. The van der Waals surface area contributed by atoms with Gasteiger partial charge in [0, 0.05) is 6.07 Å². The first kappa shape index (κ1) is 9.70. The standard InChI is InChI=1S/C9H10N2O4/c1-5-4-11-7(9(13)15-5)3-6(10-11)8(12)14-2/h3,5H,4H2,1-2H3/t5-/m0/s1. The van der Waals surface area contributed by atoms with Gasteiger partial charge in [-0.25, -0.2) is 9.59 Å². The Kier molecular flexibility index (Phi) is 2.18. The lowest BCUT2D eigenvalue weighted by Crippen LogP contribution is -2.30. The van der Waals surface area contributed by atoms with E-state index in [1.165, 1.54) is 17.9 Å². The largest absolute Gasteiger partial charge is 0.464 e.